The lowest BCUT2D eigenvalue weighted by molar-refractivity contribution is 0.157. The molecular formula is C13H22N2O2. The van der Waals surface area contributed by atoms with Crippen LogP contribution in [0.25, 0.3) is 0 Å². The van der Waals surface area contributed by atoms with E-state index in [4.69, 9.17) is 9.47 Å². The summed E-state index contributed by atoms with van der Waals surface area (Å²) >= 11 is 0. The van der Waals surface area contributed by atoms with Crippen LogP contribution in [0.5, 0.6) is 5.88 Å². The number of methoxy groups -OCH3 is 2. The van der Waals surface area contributed by atoms with Crippen LogP contribution in [0.4, 0.5) is 5.69 Å². The summed E-state index contributed by atoms with van der Waals surface area (Å²) in [5.74, 6) is 0.629. The second-order valence-electron chi connectivity index (χ2n) is 4.85. The third-order valence-electron chi connectivity index (χ3n) is 2.70. The molecule has 0 saturated carbocycles. The van der Waals surface area contributed by atoms with Gasteiger partial charge in [-0.1, -0.05) is 13.8 Å². The van der Waals surface area contributed by atoms with Gasteiger partial charge in [0.15, 0.2) is 0 Å². The Kier molecular flexibility index (Phi) is 5.22. The Morgan fingerprint density at radius 1 is 1.35 bits per heavy atom. The van der Waals surface area contributed by atoms with Crippen molar-refractivity contribution in [3.05, 3.63) is 18.3 Å². The first kappa shape index (κ1) is 13.8. The maximum atomic E-state index is 5.11. The smallest absolute Gasteiger partial charge is 0.214 e. The predicted molar refractivity (Wildman–Crippen MR) is 69.6 cm³/mol. The van der Waals surface area contributed by atoms with Gasteiger partial charge in [0.1, 0.15) is 0 Å². The van der Waals surface area contributed by atoms with E-state index in [1.165, 1.54) is 0 Å². The summed E-state index contributed by atoms with van der Waals surface area (Å²) in [6.07, 6.45) is 2.77. The molecular weight excluding hydrogens is 216 g/mol. The van der Waals surface area contributed by atoms with Crippen molar-refractivity contribution in [3.63, 3.8) is 0 Å². The molecule has 0 aromatic carbocycles. The van der Waals surface area contributed by atoms with Gasteiger partial charge in [0, 0.05) is 38.2 Å². The zero-order chi connectivity index (χ0) is 12.7. The number of hydrogen-bond acceptors (Lipinski definition) is 4. The SMILES string of the molecule is COCCC(C)(C)CNc1ccnc(OC)c1. The minimum absolute atomic E-state index is 0.201. The Labute approximate surface area is 103 Å². The summed E-state index contributed by atoms with van der Waals surface area (Å²) in [5, 5.41) is 3.39. The summed E-state index contributed by atoms with van der Waals surface area (Å²) in [6, 6.07) is 3.83. The van der Waals surface area contributed by atoms with E-state index in [1.54, 1.807) is 20.4 Å². The molecule has 0 amide bonds. The molecule has 4 heteroatoms. The lowest BCUT2D eigenvalue weighted by Gasteiger charge is -2.25. The van der Waals surface area contributed by atoms with Gasteiger partial charge in [-0.2, -0.15) is 0 Å². The number of anilines is 1. The van der Waals surface area contributed by atoms with Gasteiger partial charge in [-0.15, -0.1) is 0 Å². The van der Waals surface area contributed by atoms with E-state index >= 15 is 0 Å². The second-order valence-corrected chi connectivity index (χ2v) is 4.85. The molecule has 1 heterocycles. The number of aromatic nitrogens is 1. The Morgan fingerprint density at radius 3 is 2.76 bits per heavy atom. The number of rotatable bonds is 7. The highest BCUT2D eigenvalue weighted by molar-refractivity contribution is 5.45. The highest BCUT2D eigenvalue weighted by atomic mass is 16.5. The molecule has 96 valence electrons. The quantitative estimate of drug-likeness (QED) is 0.793. The minimum Gasteiger partial charge on any atom is -0.481 e. The highest BCUT2D eigenvalue weighted by Gasteiger charge is 2.17. The average molecular weight is 238 g/mol. The molecule has 0 atom stereocenters. The molecule has 0 aliphatic rings. The summed E-state index contributed by atoms with van der Waals surface area (Å²) in [6.45, 7) is 6.12. The van der Waals surface area contributed by atoms with Crippen molar-refractivity contribution in [2.24, 2.45) is 5.41 Å². The van der Waals surface area contributed by atoms with E-state index in [0.29, 0.717) is 5.88 Å². The van der Waals surface area contributed by atoms with Gasteiger partial charge in [0.2, 0.25) is 5.88 Å². The van der Waals surface area contributed by atoms with Crippen molar-refractivity contribution in [1.29, 1.82) is 0 Å². The summed E-state index contributed by atoms with van der Waals surface area (Å²) < 4.78 is 10.2. The normalized spacial score (nSPS) is 11.3. The second kappa shape index (κ2) is 6.45. The molecule has 0 bridgehead atoms. The molecule has 0 radical (unpaired) electrons. The standard InChI is InChI=1S/C13H22N2O2/c1-13(2,6-8-16-3)10-15-11-5-7-14-12(9-11)17-4/h5,7,9H,6,8,10H2,1-4H3,(H,14,15). The van der Waals surface area contributed by atoms with Gasteiger partial charge in [-0.3, -0.25) is 0 Å². The zero-order valence-corrected chi connectivity index (χ0v) is 11.1. The molecule has 1 N–H and O–H groups in total. The third kappa shape index (κ3) is 5.04. The molecule has 4 nitrogen and oxygen atoms in total. The van der Waals surface area contributed by atoms with Crippen LogP contribution in [0.3, 0.4) is 0 Å². The van der Waals surface area contributed by atoms with Crippen LogP contribution in [-0.4, -0.2) is 32.4 Å². The molecule has 0 fully saturated rings. The Hall–Kier alpha value is -1.29. The van der Waals surface area contributed by atoms with Crippen molar-refractivity contribution in [2.45, 2.75) is 20.3 Å². The van der Waals surface area contributed by atoms with E-state index in [0.717, 1.165) is 25.3 Å². The zero-order valence-electron chi connectivity index (χ0n) is 11.1. The van der Waals surface area contributed by atoms with Crippen molar-refractivity contribution in [1.82, 2.24) is 4.98 Å². The summed E-state index contributed by atoms with van der Waals surface area (Å²) in [7, 11) is 3.35. The fraction of sp³-hybridized carbons (Fsp3) is 0.615. The van der Waals surface area contributed by atoms with Gasteiger partial charge >= 0.3 is 0 Å². The van der Waals surface area contributed by atoms with Gasteiger partial charge in [-0.05, 0) is 17.9 Å². The third-order valence-corrected chi connectivity index (χ3v) is 2.70. The first-order chi connectivity index (χ1) is 8.07. The Morgan fingerprint density at radius 2 is 2.12 bits per heavy atom. The molecule has 0 unspecified atom stereocenters. The molecule has 0 saturated heterocycles. The van der Waals surface area contributed by atoms with Gasteiger partial charge < -0.3 is 14.8 Å². The van der Waals surface area contributed by atoms with Crippen LogP contribution >= 0.6 is 0 Å². The molecule has 0 aliphatic carbocycles. The van der Waals surface area contributed by atoms with Crippen LogP contribution in [0.1, 0.15) is 20.3 Å². The van der Waals surface area contributed by atoms with E-state index in [9.17, 15) is 0 Å². The van der Waals surface area contributed by atoms with Crippen LogP contribution in [0, 0.1) is 5.41 Å². The van der Waals surface area contributed by atoms with Crippen molar-refractivity contribution in [3.8, 4) is 5.88 Å². The molecule has 17 heavy (non-hydrogen) atoms. The molecule has 1 rings (SSSR count). The van der Waals surface area contributed by atoms with E-state index in [2.05, 4.69) is 24.1 Å². The maximum Gasteiger partial charge on any atom is 0.214 e. The number of nitrogens with zero attached hydrogens (tertiary/aromatic N) is 1. The number of ether oxygens (including phenoxy) is 2. The Bertz CT molecular complexity index is 340. The number of pyridine rings is 1. The van der Waals surface area contributed by atoms with Crippen LogP contribution in [0.15, 0.2) is 18.3 Å². The van der Waals surface area contributed by atoms with Gasteiger partial charge in [0.25, 0.3) is 0 Å². The summed E-state index contributed by atoms with van der Waals surface area (Å²) in [4.78, 5) is 4.07. The molecule has 0 spiro atoms. The van der Waals surface area contributed by atoms with Gasteiger partial charge in [0.05, 0.1) is 7.11 Å². The number of hydrogen-bond donors (Lipinski definition) is 1. The van der Waals surface area contributed by atoms with Gasteiger partial charge in [-0.25, -0.2) is 4.98 Å². The first-order valence-electron chi connectivity index (χ1n) is 5.80. The Balaban J connectivity index is 2.48. The van der Waals surface area contributed by atoms with E-state index in [-0.39, 0.29) is 5.41 Å². The van der Waals surface area contributed by atoms with Crippen LogP contribution in [-0.2, 0) is 4.74 Å². The monoisotopic (exact) mass is 238 g/mol. The fourth-order valence-corrected chi connectivity index (χ4v) is 1.44. The van der Waals surface area contributed by atoms with Crippen LogP contribution in [0.2, 0.25) is 0 Å². The van der Waals surface area contributed by atoms with Crippen LogP contribution < -0.4 is 10.1 Å². The fourth-order valence-electron chi connectivity index (χ4n) is 1.44. The van der Waals surface area contributed by atoms with Crippen molar-refractivity contribution < 1.29 is 9.47 Å². The predicted octanol–water partition coefficient (Wildman–Crippen LogP) is 2.56. The minimum atomic E-state index is 0.201. The van der Waals surface area contributed by atoms with E-state index in [1.807, 2.05) is 12.1 Å². The maximum absolute atomic E-state index is 5.11. The van der Waals surface area contributed by atoms with E-state index < -0.39 is 0 Å². The average Bonchev–Trinajstić information content (AvgIpc) is 2.34. The largest absolute Gasteiger partial charge is 0.481 e. The molecule has 1 aromatic rings. The van der Waals surface area contributed by atoms with Crippen molar-refractivity contribution in [2.75, 3.05) is 32.7 Å². The topological polar surface area (TPSA) is 43.4 Å². The lowest BCUT2D eigenvalue weighted by Crippen LogP contribution is -2.24. The number of nitrogens with one attached hydrogen (secondary N) is 1. The van der Waals surface area contributed by atoms with Crippen molar-refractivity contribution >= 4 is 5.69 Å². The summed E-state index contributed by atoms with van der Waals surface area (Å²) in [5.41, 5.74) is 1.23. The molecule has 0 aliphatic heterocycles. The highest BCUT2D eigenvalue weighted by Crippen LogP contribution is 2.22. The molecule has 1 aromatic heterocycles. The first-order valence-corrected chi connectivity index (χ1v) is 5.80. The lowest BCUT2D eigenvalue weighted by atomic mass is 9.89.